The van der Waals surface area contributed by atoms with Crippen LogP contribution in [0.4, 0.5) is 5.69 Å². The van der Waals surface area contributed by atoms with Crippen molar-refractivity contribution in [2.24, 2.45) is 0 Å². The third kappa shape index (κ3) is 5.32. The van der Waals surface area contributed by atoms with E-state index in [4.69, 9.17) is 4.74 Å². The van der Waals surface area contributed by atoms with E-state index in [1.807, 2.05) is 31.2 Å². The SMILES string of the molecule is CCCCOC(=O)c1ccc(NC(=O)CSc2nnc3cc(C)nc(C)n23)cc1. The van der Waals surface area contributed by atoms with Gasteiger partial charge in [-0.1, -0.05) is 25.1 Å². The molecule has 0 spiro atoms. The third-order valence-corrected chi connectivity index (χ3v) is 5.05. The van der Waals surface area contributed by atoms with Crippen molar-refractivity contribution in [3.8, 4) is 0 Å². The molecule has 2 heterocycles. The van der Waals surface area contributed by atoms with Crippen molar-refractivity contribution >= 4 is 35.0 Å². The van der Waals surface area contributed by atoms with Crippen LogP contribution in [0.5, 0.6) is 0 Å². The van der Waals surface area contributed by atoms with E-state index in [0.29, 0.717) is 28.7 Å². The molecule has 3 aromatic rings. The van der Waals surface area contributed by atoms with E-state index < -0.39 is 0 Å². The van der Waals surface area contributed by atoms with Gasteiger partial charge in [0, 0.05) is 17.4 Å². The summed E-state index contributed by atoms with van der Waals surface area (Å²) in [5, 5.41) is 11.7. The van der Waals surface area contributed by atoms with Crippen LogP contribution in [0.2, 0.25) is 0 Å². The Balaban J connectivity index is 1.55. The lowest BCUT2D eigenvalue weighted by Gasteiger charge is -2.07. The lowest BCUT2D eigenvalue weighted by Crippen LogP contribution is -2.14. The van der Waals surface area contributed by atoms with Crippen LogP contribution in [-0.4, -0.2) is 43.8 Å². The molecular formula is C20H23N5O3S. The van der Waals surface area contributed by atoms with Gasteiger partial charge in [-0.2, -0.15) is 0 Å². The number of rotatable bonds is 8. The molecule has 0 aliphatic rings. The maximum absolute atomic E-state index is 12.3. The van der Waals surface area contributed by atoms with Gasteiger partial charge in [0.2, 0.25) is 5.91 Å². The van der Waals surface area contributed by atoms with Gasteiger partial charge in [0.1, 0.15) is 5.82 Å². The summed E-state index contributed by atoms with van der Waals surface area (Å²) >= 11 is 1.29. The molecule has 0 atom stereocenters. The van der Waals surface area contributed by atoms with Gasteiger partial charge in [-0.3, -0.25) is 9.20 Å². The van der Waals surface area contributed by atoms with Crippen LogP contribution in [0.15, 0.2) is 35.5 Å². The number of esters is 1. The number of thioether (sulfide) groups is 1. The fraction of sp³-hybridized carbons (Fsp3) is 0.350. The molecule has 152 valence electrons. The molecule has 0 aliphatic carbocycles. The number of amides is 1. The largest absolute Gasteiger partial charge is 0.462 e. The summed E-state index contributed by atoms with van der Waals surface area (Å²) in [6, 6.07) is 8.49. The molecule has 0 aliphatic heterocycles. The van der Waals surface area contributed by atoms with E-state index in [9.17, 15) is 9.59 Å². The molecule has 3 rings (SSSR count). The average Bonchev–Trinajstić information content (AvgIpc) is 3.10. The second kappa shape index (κ2) is 9.51. The van der Waals surface area contributed by atoms with Gasteiger partial charge in [0.05, 0.1) is 17.9 Å². The highest BCUT2D eigenvalue weighted by Crippen LogP contribution is 2.19. The molecule has 29 heavy (non-hydrogen) atoms. The number of aryl methyl sites for hydroxylation is 2. The summed E-state index contributed by atoms with van der Waals surface area (Å²) in [4.78, 5) is 28.6. The fourth-order valence-electron chi connectivity index (χ4n) is 2.71. The highest BCUT2D eigenvalue weighted by molar-refractivity contribution is 7.99. The Kier molecular flexibility index (Phi) is 6.82. The van der Waals surface area contributed by atoms with Gasteiger partial charge >= 0.3 is 5.97 Å². The maximum Gasteiger partial charge on any atom is 0.338 e. The average molecular weight is 414 g/mol. The predicted octanol–water partition coefficient (Wildman–Crippen LogP) is 3.43. The van der Waals surface area contributed by atoms with Gasteiger partial charge in [-0.25, -0.2) is 9.78 Å². The summed E-state index contributed by atoms with van der Waals surface area (Å²) in [5.74, 6) is 0.413. The number of nitrogens with one attached hydrogen (secondary N) is 1. The Hall–Kier alpha value is -2.94. The number of anilines is 1. The first-order valence-corrected chi connectivity index (χ1v) is 10.4. The van der Waals surface area contributed by atoms with Crippen molar-refractivity contribution in [1.82, 2.24) is 19.6 Å². The number of carbonyl (C=O) groups excluding carboxylic acids is 2. The lowest BCUT2D eigenvalue weighted by atomic mass is 10.2. The standard InChI is InChI=1S/C20H23N5O3S/c1-4-5-10-28-19(27)15-6-8-16(9-7-15)22-18(26)12-29-20-24-23-17-11-13(2)21-14(3)25(17)20/h6-9,11H,4-5,10,12H2,1-3H3,(H,22,26). The molecule has 1 aromatic carbocycles. The van der Waals surface area contributed by atoms with E-state index in [-0.39, 0.29) is 17.6 Å². The maximum atomic E-state index is 12.3. The number of fused-ring (bicyclic) bond motifs is 1. The van der Waals surface area contributed by atoms with Gasteiger partial charge in [0.15, 0.2) is 10.8 Å². The Labute approximate surface area is 173 Å². The van der Waals surface area contributed by atoms with E-state index >= 15 is 0 Å². The van der Waals surface area contributed by atoms with Crippen molar-refractivity contribution in [1.29, 1.82) is 0 Å². The molecule has 0 radical (unpaired) electrons. The van der Waals surface area contributed by atoms with E-state index in [2.05, 4.69) is 20.5 Å². The minimum absolute atomic E-state index is 0.176. The van der Waals surface area contributed by atoms with Crippen LogP contribution in [-0.2, 0) is 9.53 Å². The smallest absolute Gasteiger partial charge is 0.338 e. The summed E-state index contributed by atoms with van der Waals surface area (Å²) < 4.78 is 6.99. The molecule has 0 bridgehead atoms. The van der Waals surface area contributed by atoms with Crippen molar-refractivity contribution in [2.45, 2.75) is 38.8 Å². The third-order valence-electron chi connectivity index (χ3n) is 4.13. The van der Waals surface area contributed by atoms with Crippen LogP contribution < -0.4 is 5.32 Å². The Bertz CT molecular complexity index is 1020. The summed E-state index contributed by atoms with van der Waals surface area (Å²) in [6.07, 6.45) is 1.81. The van der Waals surface area contributed by atoms with Crippen LogP contribution in [0.3, 0.4) is 0 Å². The van der Waals surface area contributed by atoms with Crippen LogP contribution in [0.1, 0.15) is 41.6 Å². The fourth-order valence-corrected chi connectivity index (χ4v) is 3.49. The van der Waals surface area contributed by atoms with Crippen LogP contribution in [0.25, 0.3) is 5.65 Å². The molecule has 0 saturated heterocycles. The molecular weight excluding hydrogens is 390 g/mol. The monoisotopic (exact) mass is 413 g/mol. The minimum Gasteiger partial charge on any atom is -0.462 e. The second-order valence-corrected chi connectivity index (χ2v) is 7.47. The van der Waals surface area contributed by atoms with Gasteiger partial charge in [-0.15, -0.1) is 10.2 Å². The molecule has 8 nitrogen and oxygen atoms in total. The lowest BCUT2D eigenvalue weighted by molar-refractivity contribution is -0.113. The molecule has 0 saturated carbocycles. The zero-order valence-electron chi connectivity index (χ0n) is 16.6. The molecule has 0 fully saturated rings. The first kappa shape index (κ1) is 20.8. The number of ether oxygens (including phenoxy) is 1. The van der Waals surface area contributed by atoms with Gasteiger partial charge < -0.3 is 10.1 Å². The quantitative estimate of drug-likeness (QED) is 0.343. The predicted molar refractivity (Wildman–Crippen MR) is 111 cm³/mol. The number of carbonyl (C=O) groups is 2. The first-order valence-electron chi connectivity index (χ1n) is 9.37. The Morgan fingerprint density at radius 1 is 1.17 bits per heavy atom. The van der Waals surface area contributed by atoms with Gasteiger partial charge in [0.25, 0.3) is 0 Å². The summed E-state index contributed by atoms with van der Waals surface area (Å²) in [6.45, 7) is 6.23. The van der Waals surface area contributed by atoms with Gasteiger partial charge in [-0.05, 0) is 44.5 Å². The van der Waals surface area contributed by atoms with E-state index in [1.165, 1.54) is 11.8 Å². The van der Waals surface area contributed by atoms with E-state index in [0.717, 1.165) is 24.4 Å². The van der Waals surface area contributed by atoms with Crippen molar-refractivity contribution in [3.05, 3.63) is 47.4 Å². The van der Waals surface area contributed by atoms with Crippen molar-refractivity contribution < 1.29 is 14.3 Å². The van der Waals surface area contributed by atoms with Crippen molar-refractivity contribution in [3.63, 3.8) is 0 Å². The number of hydrogen-bond acceptors (Lipinski definition) is 7. The highest BCUT2D eigenvalue weighted by Gasteiger charge is 2.13. The summed E-state index contributed by atoms with van der Waals surface area (Å²) in [5.41, 5.74) is 2.65. The Morgan fingerprint density at radius 2 is 1.93 bits per heavy atom. The number of hydrogen-bond donors (Lipinski definition) is 1. The second-order valence-electron chi connectivity index (χ2n) is 6.52. The molecule has 9 heteroatoms. The zero-order valence-corrected chi connectivity index (χ0v) is 17.5. The van der Waals surface area contributed by atoms with Crippen LogP contribution in [0, 0.1) is 13.8 Å². The molecule has 1 N–H and O–H groups in total. The number of benzene rings is 1. The van der Waals surface area contributed by atoms with Crippen molar-refractivity contribution in [2.75, 3.05) is 17.7 Å². The van der Waals surface area contributed by atoms with E-state index in [1.54, 1.807) is 24.3 Å². The number of unbranched alkanes of at least 4 members (excludes halogenated alkanes) is 1. The highest BCUT2D eigenvalue weighted by atomic mass is 32.2. The molecule has 0 unspecified atom stereocenters. The number of nitrogens with zero attached hydrogens (tertiary/aromatic N) is 4. The topological polar surface area (TPSA) is 98.5 Å². The first-order chi connectivity index (χ1) is 14.0. The minimum atomic E-state index is -0.357. The Morgan fingerprint density at radius 3 is 2.66 bits per heavy atom. The normalized spacial score (nSPS) is 10.9. The summed E-state index contributed by atoms with van der Waals surface area (Å²) in [7, 11) is 0. The molecule has 2 aromatic heterocycles. The number of aromatic nitrogens is 4. The molecule has 1 amide bonds. The van der Waals surface area contributed by atoms with Crippen LogP contribution >= 0.6 is 11.8 Å². The zero-order chi connectivity index (χ0) is 20.8.